The van der Waals surface area contributed by atoms with Crippen molar-refractivity contribution in [1.82, 2.24) is 9.80 Å². The smallest absolute Gasteiger partial charge is 0.304 e. The Balaban J connectivity index is 2.17. The highest BCUT2D eigenvalue weighted by Crippen LogP contribution is 2.08. The average Bonchev–Trinajstić information content (AvgIpc) is 2.50. The summed E-state index contributed by atoms with van der Waals surface area (Å²) < 4.78 is 5.57. The number of carboxylic acid groups (broad SMARTS) is 1. The van der Waals surface area contributed by atoms with Crippen molar-refractivity contribution in [3.8, 4) is 5.75 Å². The van der Waals surface area contributed by atoms with Crippen LogP contribution in [0.3, 0.4) is 0 Å². The van der Waals surface area contributed by atoms with E-state index in [0.29, 0.717) is 19.7 Å². The summed E-state index contributed by atoms with van der Waals surface area (Å²) >= 11 is 0. The number of amides is 1. The summed E-state index contributed by atoms with van der Waals surface area (Å²) in [5, 5.41) is 8.61. The molecule has 22 heavy (non-hydrogen) atoms. The van der Waals surface area contributed by atoms with Crippen LogP contribution in [0, 0.1) is 0 Å². The molecular weight excluding hydrogens is 284 g/mol. The SMILES string of the molecule is CN(CCC(=O)O)CC(=O)N(C)CCCOc1ccccc1. The molecule has 0 radical (unpaired) electrons. The molecule has 1 N–H and O–H groups in total. The Morgan fingerprint density at radius 3 is 2.45 bits per heavy atom. The highest BCUT2D eigenvalue weighted by Gasteiger charge is 2.12. The summed E-state index contributed by atoms with van der Waals surface area (Å²) in [6.07, 6.45) is 0.786. The zero-order chi connectivity index (χ0) is 16.4. The summed E-state index contributed by atoms with van der Waals surface area (Å²) in [7, 11) is 3.49. The van der Waals surface area contributed by atoms with Gasteiger partial charge in [0.1, 0.15) is 5.75 Å². The van der Waals surface area contributed by atoms with E-state index in [1.54, 1.807) is 23.9 Å². The average molecular weight is 308 g/mol. The van der Waals surface area contributed by atoms with Gasteiger partial charge < -0.3 is 14.7 Å². The third-order valence-electron chi connectivity index (χ3n) is 3.19. The minimum absolute atomic E-state index is 0.0207. The molecule has 0 spiro atoms. The number of hydrogen-bond donors (Lipinski definition) is 1. The van der Waals surface area contributed by atoms with Crippen LogP contribution in [0.5, 0.6) is 5.75 Å². The van der Waals surface area contributed by atoms with Gasteiger partial charge in [-0.3, -0.25) is 14.5 Å². The number of carbonyl (C=O) groups is 2. The summed E-state index contributed by atoms with van der Waals surface area (Å²) in [6.45, 7) is 1.75. The van der Waals surface area contributed by atoms with Crippen molar-refractivity contribution in [2.45, 2.75) is 12.8 Å². The fraction of sp³-hybridized carbons (Fsp3) is 0.500. The number of likely N-dealkylation sites (N-methyl/N-ethyl adjacent to an activating group) is 2. The lowest BCUT2D eigenvalue weighted by Gasteiger charge is -2.21. The number of para-hydroxylation sites is 1. The van der Waals surface area contributed by atoms with Gasteiger partial charge in [0, 0.05) is 20.1 Å². The highest BCUT2D eigenvalue weighted by atomic mass is 16.5. The molecule has 1 aromatic carbocycles. The Hall–Kier alpha value is -2.08. The van der Waals surface area contributed by atoms with E-state index in [4.69, 9.17) is 9.84 Å². The summed E-state index contributed by atoms with van der Waals surface area (Å²) in [5.74, 6) is -0.0526. The van der Waals surface area contributed by atoms with Gasteiger partial charge in [-0.15, -0.1) is 0 Å². The highest BCUT2D eigenvalue weighted by molar-refractivity contribution is 5.78. The van der Waals surface area contributed by atoms with Crippen molar-refractivity contribution in [1.29, 1.82) is 0 Å². The van der Waals surface area contributed by atoms with E-state index in [2.05, 4.69) is 0 Å². The predicted molar refractivity (Wildman–Crippen MR) is 83.9 cm³/mol. The fourth-order valence-electron chi connectivity index (χ4n) is 1.85. The van der Waals surface area contributed by atoms with Crippen LogP contribution in [-0.2, 0) is 9.59 Å². The van der Waals surface area contributed by atoms with Gasteiger partial charge in [0.2, 0.25) is 5.91 Å². The second-order valence-corrected chi connectivity index (χ2v) is 5.21. The minimum Gasteiger partial charge on any atom is -0.494 e. The van der Waals surface area contributed by atoms with E-state index in [9.17, 15) is 9.59 Å². The molecule has 1 amide bonds. The van der Waals surface area contributed by atoms with Crippen molar-refractivity contribution in [2.24, 2.45) is 0 Å². The first-order valence-corrected chi connectivity index (χ1v) is 7.31. The number of benzene rings is 1. The molecule has 0 aliphatic rings. The Kier molecular flexibility index (Phi) is 7.99. The summed E-state index contributed by atoms with van der Waals surface area (Å²) in [4.78, 5) is 25.8. The Morgan fingerprint density at radius 1 is 1.14 bits per heavy atom. The van der Waals surface area contributed by atoms with Crippen molar-refractivity contribution >= 4 is 11.9 Å². The maximum atomic E-state index is 12.0. The molecule has 1 rings (SSSR count). The van der Waals surface area contributed by atoms with Crippen LogP contribution in [0.4, 0.5) is 0 Å². The first kappa shape index (κ1) is 18.0. The number of carboxylic acids is 1. The van der Waals surface area contributed by atoms with Crippen molar-refractivity contribution in [3.63, 3.8) is 0 Å². The second-order valence-electron chi connectivity index (χ2n) is 5.21. The van der Waals surface area contributed by atoms with Crippen LogP contribution in [-0.4, -0.2) is 67.1 Å². The Bertz CT molecular complexity index is 464. The van der Waals surface area contributed by atoms with Gasteiger partial charge in [-0.2, -0.15) is 0 Å². The molecule has 0 saturated heterocycles. The molecule has 6 heteroatoms. The maximum absolute atomic E-state index is 12.0. The third kappa shape index (κ3) is 7.64. The number of ether oxygens (including phenoxy) is 1. The van der Waals surface area contributed by atoms with Crippen molar-refractivity contribution in [3.05, 3.63) is 30.3 Å². The molecule has 0 aliphatic carbocycles. The standard InChI is InChI=1S/C16H24N2O4/c1-17(11-9-16(20)21)13-15(19)18(2)10-6-12-22-14-7-4-3-5-8-14/h3-5,7-8H,6,9-13H2,1-2H3,(H,20,21). The fourth-order valence-corrected chi connectivity index (χ4v) is 1.85. The lowest BCUT2D eigenvalue weighted by molar-refractivity contribution is -0.138. The first-order valence-electron chi connectivity index (χ1n) is 7.31. The number of carbonyl (C=O) groups excluding carboxylic acids is 1. The van der Waals surface area contributed by atoms with Crippen LogP contribution in [0.1, 0.15) is 12.8 Å². The third-order valence-corrected chi connectivity index (χ3v) is 3.19. The number of aliphatic carboxylic acids is 1. The molecule has 0 saturated carbocycles. The molecule has 6 nitrogen and oxygen atoms in total. The van der Waals surface area contributed by atoms with Gasteiger partial charge in [-0.1, -0.05) is 18.2 Å². The molecule has 0 atom stereocenters. The second kappa shape index (κ2) is 9.78. The molecule has 0 unspecified atom stereocenters. The summed E-state index contributed by atoms with van der Waals surface area (Å²) in [6, 6.07) is 9.55. The van der Waals surface area contributed by atoms with E-state index >= 15 is 0 Å². The van der Waals surface area contributed by atoms with Gasteiger partial charge >= 0.3 is 5.97 Å². The van der Waals surface area contributed by atoms with E-state index in [1.165, 1.54) is 0 Å². The zero-order valence-electron chi connectivity index (χ0n) is 13.2. The molecule has 0 bridgehead atoms. The molecule has 0 heterocycles. The molecule has 0 aliphatic heterocycles. The normalized spacial score (nSPS) is 10.5. The molecule has 0 aromatic heterocycles. The van der Waals surface area contributed by atoms with Crippen molar-refractivity contribution in [2.75, 3.05) is 40.3 Å². The van der Waals surface area contributed by atoms with Crippen LogP contribution >= 0.6 is 0 Å². The summed E-state index contributed by atoms with van der Waals surface area (Å²) in [5.41, 5.74) is 0. The quantitative estimate of drug-likeness (QED) is 0.660. The van der Waals surface area contributed by atoms with E-state index in [-0.39, 0.29) is 18.9 Å². The van der Waals surface area contributed by atoms with Crippen LogP contribution in [0.2, 0.25) is 0 Å². The molecule has 122 valence electrons. The van der Waals surface area contributed by atoms with Crippen LogP contribution < -0.4 is 4.74 Å². The first-order chi connectivity index (χ1) is 10.5. The van der Waals surface area contributed by atoms with Crippen LogP contribution in [0.25, 0.3) is 0 Å². The van der Waals surface area contributed by atoms with Crippen molar-refractivity contribution < 1.29 is 19.4 Å². The molecule has 1 aromatic rings. The maximum Gasteiger partial charge on any atom is 0.304 e. The van der Waals surface area contributed by atoms with Gasteiger partial charge in [-0.25, -0.2) is 0 Å². The number of rotatable bonds is 10. The molecule has 0 fully saturated rings. The van der Waals surface area contributed by atoms with Gasteiger partial charge in [0.05, 0.1) is 19.6 Å². The zero-order valence-corrected chi connectivity index (χ0v) is 13.2. The van der Waals surface area contributed by atoms with Gasteiger partial charge in [0.25, 0.3) is 0 Å². The largest absolute Gasteiger partial charge is 0.494 e. The monoisotopic (exact) mass is 308 g/mol. The van der Waals surface area contributed by atoms with Gasteiger partial charge in [-0.05, 0) is 25.6 Å². The number of hydrogen-bond acceptors (Lipinski definition) is 4. The number of nitrogens with zero attached hydrogens (tertiary/aromatic N) is 2. The Morgan fingerprint density at radius 2 is 1.82 bits per heavy atom. The molecular formula is C16H24N2O4. The Labute approximate surface area is 131 Å². The predicted octanol–water partition coefficient (Wildman–Crippen LogP) is 1.32. The lowest BCUT2D eigenvalue weighted by atomic mass is 10.3. The van der Waals surface area contributed by atoms with Crippen LogP contribution in [0.15, 0.2) is 30.3 Å². The minimum atomic E-state index is -0.856. The topological polar surface area (TPSA) is 70.1 Å². The lowest BCUT2D eigenvalue weighted by Crippen LogP contribution is -2.38. The van der Waals surface area contributed by atoms with E-state index in [1.807, 2.05) is 30.3 Å². The van der Waals surface area contributed by atoms with Gasteiger partial charge in [0.15, 0.2) is 0 Å². The van der Waals surface area contributed by atoms with E-state index < -0.39 is 5.97 Å². The van der Waals surface area contributed by atoms with E-state index in [0.717, 1.165) is 12.2 Å².